The van der Waals surface area contributed by atoms with Gasteiger partial charge in [-0.3, -0.25) is 4.90 Å². The van der Waals surface area contributed by atoms with E-state index in [2.05, 4.69) is 36.7 Å². The van der Waals surface area contributed by atoms with E-state index in [1.165, 1.54) is 0 Å². The highest BCUT2D eigenvalue weighted by atomic mass is 28.4. The molecule has 0 amide bonds. The smallest absolute Gasteiger partial charge is 0.328 e. The second kappa shape index (κ2) is 5.65. The quantitative estimate of drug-likeness (QED) is 0.362. The average Bonchev–Trinajstić information content (AvgIpc) is 3.22. The second-order valence-corrected chi connectivity index (χ2v) is 11.4. The maximum absolute atomic E-state index is 12.5. The maximum Gasteiger partial charge on any atom is 0.328 e. The molecule has 3 atom stereocenters. The number of carbonyl (C=O) groups excluding carboxylic acids is 1. The molecule has 0 aliphatic carbocycles. The van der Waals surface area contributed by atoms with Crippen molar-refractivity contribution < 1.29 is 14.0 Å². The first-order chi connectivity index (χ1) is 10.4. The lowest BCUT2D eigenvalue weighted by atomic mass is 10.0. The maximum atomic E-state index is 12.5. The summed E-state index contributed by atoms with van der Waals surface area (Å²) in [6.07, 6.45) is 4.75. The van der Waals surface area contributed by atoms with Crippen molar-refractivity contribution in [3.63, 3.8) is 0 Å². The molecule has 1 unspecified atom stereocenters. The van der Waals surface area contributed by atoms with E-state index >= 15 is 0 Å². The number of ether oxygens (including phenoxy) is 1. The number of fused-ring (bicyclic) bond motifs is 1. The van der Waals surface area contributed by atoms with Crippen LogP contribution in [0.1, 0.15) is 12.0 Å². The minimum Gasteiger partial charge on any atom is -0.459 e. The number of nitrogens with zero attached hydrogens (tertiary/aromatic N) is 1. The Kier molecular flexibility index (Phi) is 3.97. The Labute approximate surface area is 132 Å². The molecule has 0 N–H and O–H groups in total. The largest absolute Gasteiger partial charge is 0.459 e. The van der Waals surface area contributed by atoms with Crippen molar-refractivity contribution in [3.05, 3.63) is 48.0 Å². The van der Waals surface area contributed by atoms with Crippen LogP contribution in [0.4, 0.5) is 0 Å². The minimum absolute atomic E-state index is 0.0790. The van der Waals surface area contributed by atoms with E-state index < -0.39 is 13.9 Å². The van der Waals surface area contributed by atoms with E-state index in [1.807, 2.05) is 30.3 Å². The summed E-state index contributed by atoms with van der Waals surface area (Å²) in [5, 5.41) is 0. The van der Waals surface area contributed by atoms with Gasteiger partial charge >= 0.3 is 5.97 Å². The van der Waals surface area contributed by atoms with E-state index in [9.17, 15) is 4.79 Å². The molecule has 3 rings (SSSR count). The lowest BCUT2D eigenvalue weighted by Crippen LogP contribution is -2.42. The fourth-order valence-corrected chi connectivity index (χ4v) is 3.76. The van der Waals surface area contributed by atoms with Crippen molar-refractivity contribution >= 4 is 14.3 Å². The number of benzene rings is 1. The molecule has 2 aliphatic rings. The molecule has 22 heavy (non-hydrogen) atoms. The van der Waals surface area contributed by atoms with Crippen LogP contribution < -0.4 is 0 Å². The molecule has 0 aromatic heterocycles. The fourth-order valence-electron chi connectivity index (χ4n) is 2.83. The summed E-state index contributed by atoms with van der Waals surface area (Å²) in [5.74, 6) is -0.134. The highest BCUT2D eigenvalue weighted by Gasteiger charge is 2.63. The third-order valence-corrected chi connectivity index (χ3v) is 4.96. The molecular weight excluding hydrogens is 294 g/mol. The first-order valence-corrected chi connectivity index (χ1v) is 11.1. The van der Waals surface area contributed by atoms with Gasteiger partial charge in [0.2, 0.25) is 0 Å². The van der Waals surface area contributed by atoms with E-state index in [4.69, 9.17) is 9.16 Å². The van der Waals surface area contributed by atoms with E-state index in [0.29, 0.717) is 13.0 Å². The topological polar surface area (TPSA) is 38.5 Å². The van der Waals surface area contributed by atoms with Crippen LogP contribution in [-0.4, -0.2) is 37.5 Å². The number of esters is 1. The van der Waals surface area contributed by atoms with Crippen LogP contribution in [0.3, 0.4) is 0 Å². The summed E-state index contributed by atoms with van der Waals surface area (Å²) in [4.78, 5) is 14.6. The van der Waals surface area contributed by atoms with Crippen LogP contribution in [0.15, 0.2) is 42.5 Å². The van der Waals surface area contributed by atoms with Gasteiger partial charge in [-0.15, -0.1) is 0 Å². The average molecular weight is 317 g/mol. The van der Waals surface area contributed by atoms with Gasteiger partial charge in [0.15, 0.2) is 8.32 Å². The summed E-state index contributed by atoms with van der Waals surface area (Å²) in [5.41, 5.74) is 0.522. The predicted molar refractivity (Wildman–Crippen MR) is 87.7 cm³/mol. The molecule has 1 saturated heterocycles. The molecule has 1 aromatic carbocycles. The molecular formula is C17H23NO3Si. The second-order valence-electron chi connectivity index (χ2n) is 6.97. The molecule has 4 nitrogen and oxygen atoms in total. The van der Waals surface area contributed by atoms with Crippen molar-refractivity contribution in [1.82, 2.24) is 4.90 Å². The van der Waals surface area contributed by atoms with Crippen molar-refractivity contribution in [3.8, 4) is 0 Å². The van der Waals surface area contributed by atoms with Gasteiger partial charge in [0.05, 0.1) is 0 Å². The van der Waals surface area contributed by atoms with Gasteiger partial charge < -0.3 is 9.16 Å². The van der Waals surface area contributed by atoms with Gasteiger partial charge in [0.25, 0.3) is 0 Å². The van der Waals surface area contributed by atoms with E-state index in [0.717, 1.165) is 12.1 Å². The summed E-state index contributed by atoms with van der Waals surface area (Å²) in [6, 6.07) is 9.79. The molecule has 0 radical (unpaired) electrons. The fraction of sp³-hybridized carbons (Fsp3) is 0.471. The monoisotopic (exact) mass is 317 g/mol. The van der Waals surface area contributed by atoms with Gasteiger partial charge in [0.1, 0.15) is 18.4 Å². The molecule has 0 saturated carbocycles. The van der Waals surface area contributed by atoms with Gasteiger partial charge in [0, 0.05) is 6.54 Å². The third kappa shape index (κ3) is 3.16. The van der Waals surface area contributed by atoms with E-state index in [-0.39, 0.29) is 12.2 Å². The van der Waals surface area contributed by atoms with Crippen molar-refractivity contribution in [2.75, 3.05) is 6.54 Å². The normalized spacial score (nSPS) is 29.8. The third-order valence-electron chi connectivity index (χ3n) is 4.01. The van der Waals surface area contributed by atoms with Crippen molar-refractivity contribution in [2.45, 2.75) is 44.4 Å². The molecule has 0 bridgehead atoms. The Morgan fingerprint density at radius 2 is 2.05 bits per heavy atom. The number of carbonyl (C=O) groups is 1. The van der Waals surface area contributed by atoms with Crippen LogP contribution in [0.5, 0.6) is 0 Å². The minimum atomic E-state index is -1.64. The van der Waals surface area contributed by atoms with Crippen LogP contribution in [-0.2, 0) is 20.6 Å². The number of rotatable bonds is 5. The van der Waals surface area contributed by atoms with E-state index in [1.54, 1.807) is 0 Å². The van der Waals surface area contributed by atoms with Crippen LogP contribution in [0.2, 0.25) is 19.6 Å². The first-order valence-electron chi connectivity index (χ1n) is 7.73. The molecule has 2 aliphatic heterocycles. The number of hydrogen-bond acceptors (Lipinski definition) is 4. The van der Waals surface area contributed by atoms with Gasteiger partial charge in [-0.25, -0.2) is 4.79 Å². The SMILES string of the molecule is C[Si](C)(C)O[C@H]1C=CC[C@@]2(C(=O)OCc3ccccc3)CN12. The van der Waals surface area contributed by atoms with Gasteiger partial charge in [-0.05, 0) is 37.7 Å². The molecule has 0 spiro atoms. The Balaban J connectivity index is 1.61. The van der Waals surface area contributed by atoms with Crippen LogP contribution in [0.25, 0.3) is 0 Å². The summed E-state index contributed by atoms with van der Waals surface area (Å²) in [6.45, 7) is 7.54. The standard InChI is InChI=1S/C17H23NO3Si/c1-22(2,3)21-15-10-7-11-17(13-18(15)17)16(19)20-12-14-8-5-4-6-9-14/h4-10,15H,11-13H2,1-3H3/t15-,17-,18?/m0/s1. The van der Waals surface area contributed by atoms with Crippen molar-refractivity contribution in [2.24, 2.45) is 0 Å². The number of hydrogen-bond donors (Lipinski definition) is 0. The zero-order valence-corrected chi connectivity index (χ0v) is 14.4. The molecule has 1 fully saturated rings. The first kappa shape index (κ1) is 15.5. The van der Waals surface area contributed by atoms with Gasteiger partial charge in [-0.1, -0.05) is 36.4 Å². The zero-order chi connectivity index (χ0) is 15.8. The lowest BCUT2D eigenvalue weighted by molar-refractivity contribution is -0.150. The molecule has 2 heterocycles. The highest BCUT2D eigenvalue weighted by molar-refractivity contribution is 6.69. The highest BCUT2D eigenvalue weighted by Crippen LogP contribution is 2.43. The molecule has 5 heteroatoms. The van der Waals surface area contributed by atoms with Crippen molar-refractivity contribution in [1.29, 1.82) is 0 Å². The Morgan fingerprint density at radius 1 is 1.32 bits per heavy atom. The molecule has 1 aromatic rings. The zero-order valence-electron chi connectivity index (χ0n) is 13.4. The summed E-state index contributed by atoms with van der Waals surface area (Å²) < 4.78 is 11.7. The summed E-state index contributed by atoms with van der Waals surface area (Å²) in [7, 11) is -1.64. The van der Waals surface area contributed by atoms with Crippen LogP contribution >= 0.6 is 0 Å². The Hall–Kier alpha value is -1.43. The van der Waals surface area contributed by atoms with Gasteiger partial charge in [-0.2, -0.15) is 0 Å². The predicted octanol–water partition coefficient (Wildman–Crippen LogP) is 2.92. The molecule has 118 valence electrons. The Morgan fingerprint density at radius 3 is 2.73 bits per heavy atom. The summed E-state index contributed by atoms with van der Waals surface area (Å²) >= 11 is 0. The van der Waals surface area contributed by atoms with Crippen LogP contribution in [0, 0.1) is 0 Å². The lowest BCUT2D eigenvalue weighted by Gasteiger charge is -2.30. The Bertz CT molecular complexity index is 581.